The number of hydrogen-bond acceptors (Lipinski definition) is 2. The van der Waals surface area contributed by atoms with Crippen LogP contribution in [0.25, 0.3) is 55.0 Å². The fourth-order valence-electron chi connectivity index (χ4n) is 8.64. The van der Waals surface area contributed by atoms with Gasteiger partial charge >= 0.3 is 6.85 Å². The zero-order valence-corrected chi connectivity index (χ0v) is 26.0. The van der Waals surface area contributed by atoms with Crippen molar-refractivity contribution in [3.8, 4) is 22.4 Å². The van der Waals surface area contributed by atoms with Crippen LogP contribution < -0.4 is 15.8 Å². The lowest BCUT2D eigenvalue weighted by atomic mass is 9.45. The maximum absolute atomic E-state index is 5.19. The van der Waals surface area contributed by atoms with Crippen LogP contribution >= 0.6 is 0 Å². The Hall–Kier alpha value is -5.61. The van der Waals surface area contributed by atoms with Crippen LogP contribution in [0.4, 0.5) is 17.1 Å². The fourth-order valence-corrected chi connectivity index (χ4v) is 8.64. The van der Waals surface area contributed by atoms with Crippen molar-refractivity contribution in [3.05, 3.63) is 144 Å². The van der Waals surface area contributed by atoms with E-state index in [1.807, 2.05) is 6.20 Å². The van der Waals surface area contributed by atoms with Crippen molar-refractivity contribution in [1.82, 2.24) is 9.46 Å². The largest absolute Gasteiger partial charge is 0.374 e. The van der Waals surface area contributed by atoms with Gasteiger partial charge in [0, 0.05) is 45.1 Å². The molecule has 4 heteroatoms. The van der Waals surface area contributed by atoms with E-state index in [0.717, 1.165) is 11.4 Å². The number of aromatic nitrogens is 2. The molecule has 8 aromatic rings. The molecule has 46 heavy (non-hydrogen) atoms. The van der Waals surface area contributed by atoms with Gasteiger partial charge in [0.2, 0.25) is 0 Å². The molecule has 0 amide bonds. The minimum absolute atomic E-state index is 0.0103. The molecule has 0 bridgehead atoms. The Morgan fingerprint density at radius 3 is 2.22 bits per heavy atom. The van der Waals surface area contributed by atoms with E-state index in [1.54, 1.807) is 0 Å². The molecule has 0 atom stereocenters. The predicted molar refractivity (Wildman–Crippen MR) is 195 cm³/mol. The van der Waals surface area contributed by atoms with Crippen molar-refractivity contribution < 1.29 is 0 Å². The summed E-state index contributed by atoms with van der Waals surface area (Å²) in [5.41, 5.74) is 17.5. The molecule has 2 aliphatic rings. The van der Waals surface area contributed by atoms with Gasteiger partial charge < -0.3 is 9.38 Å². The molecular formula is C42H30BN3. The Morgan fingerprint density at radius 1 is 0.609 bits per heavy atom. The molecule has 0 radical (unpaired) electrons. The Kier molecular flexibility index (Phi) is 5.15. The van der Waals surface area contributed by atoms with Crippen molar-refractivity contribution in [3.63, 3.8) is 0 Å². The van der Waals surface area contributed by atoms with Gasteiger partial charge in [-0.15, -0.1) is 0 Å². The lowest BCUT2D eigenvalue weighted by molar-refractivity contribution is 1.24. The highest BCUT2D eigenvalue weighted by Crippen LogP contribution is 2.47. The Bertz CT molecular complexity index is 2560. The standard InChI is InChI=1S/C42H30BN3/c1-25-21-26(2)38(27(3)22-25)29-17-18-35-33(23-29)32-19-20-44-41-39-31-14-8-7-11-28(31)24-37-40(39)43(46(35)42(32)41)34-15-9-10-16-36(34)45(37)30-12-5-4-6-13-30/h4-24H,1-3H3. The second-order valence-corrected chi connectivity index (χ2v) is 13.0. The molecule has 0 aliphatic carbocycles. The van der Waals surface area contributed by atoms with Crippen LogP contribution in [0.1, 0.15) is 16.7 Å². The molecule has 0 spiro atoms. The zero-order valence-electron chi connectivity index (χ0n) is 26.0. The lowest BCUT2D eigenvalue weighted by Crippen LogP contribution is -2.56. The van der Waals surface area contributed by atoms with Crippen LogP contribution in [0.5, 0.6) is 0 Å². The summed E-state index contributed by atoms with van der Waals surface area (Å²) in [7, 11) is 0. The van der Waals surface area contributed by atoms with E-state index in [-0.39, 0.29) is 6.85 Å². The summed E-state index contributed by atoms with van der Waals surface area (Å²) in [6.07, 6.45) is 2.01. The maximum atomic E-state index is 5.19. The minimum atomic E-state index is 0.0103. The number of para-hydroxylation sites is 2. The van der Waals surface area contributed by atoms with Gasteiger partial charge in [0.1, 0.15) is 0 Å². The van der Waals surface area contributed by atoms with Gasteiger partial charge in [-0.2, -0.15) is 0 Å². The van der Waals surface area contributed by atoms with Crippen molar-refractivity contribution in [2.24, 2.45) is 0 Å². The second kappa shape index (κ2) is 9.21. The molecular weight excluding hydrogens is 557 g/mol. The van der Waals surface area contributed by atoms with Crippen LogP contribution in [-0.4, -0.2) is 16.3 Å². The Morgan fingerprint density at radius 2 is 1.37 bits per heavy atom. The zero-order chi connectivity index (χ0) is 30.7. The normalized spacial score (nSPS) is 13.0. The summed E-state index contributed by atoms with van der Waals surface area (Å²) < 4.78 is 2.59. The van der Waals surface area contributed by atoms with Gasteiger partial charge in [-0.25, -0.2) is 0 Å². The van der Waals surface area contributed by atoms with Crippen molar-refractivity contribution in [2.75, 3.05) is 4.90 Å². The van der Waals surface area contributed by atoms with E-state index < -0.39 is 0 Å². The lowest BCUT2D eigenvalue weighted by Gasteiger charge is -2.40. The van der Waals surface area contributed by atoms with Gasteiger partial charge in [0.25, 0.3) is 0 Å². The van der Waals surface area contributed by atoms with Gasteiger partial charge in [-0.3, -0.25) is 4.98 Å². The number of aryl methyl sites for hydroxylation is 3. The first-order valence-electron chi connectivity index (χ1n) is 16.1. The third-order valence-corrected chi connectivity index (χ3v) is 10.2. The van der Waals surface area contributed by atoms with Crippen LogP contribution in [0.2, 0.25) is 0 Å². The van der Waals surface area contributed by atoms with Gasteiger partial charge in [0.05, 0.1) is 11.2 Å². The molecule has 4 heterocycles. The third-order valence-electron chi connectivity index (χ3n) is 10.2. The first-order valence-corrected chi connectivity index (χ1v) is 16.1. The van der Waals surface area contributed by atoms with E-state index >= 15 is 0 Å². The summed E-state index contributed by atoms with van der Waals surface area (Å²) in [5.74, 6) is 0. The SMILES string of the molecule is Cc1cc(C)c(-c2ccc3c(c2)c2ccnc4c2n3B2c3ccccc3N(c3ccccc3)c3cc5ccccc5c-4c32)c(C)c1. The predicted octanol–water partition coefficient (Wildman–Crippen LogP) is 9.35. The highest BCUT2D eigenvalue weighted by atomic mass is 15.2. The van der Waals surface area contributed by atoms with Crippen molar-refractivity contribution in [2.45, 2.75) is 20.8 Å². The molecule has 0 saturated heterocycles. The smallest absolute Gasteiger partial charge is 0.333 e. The second-order valence-electron chi connectivity index (χ2n) is 13.0. The number of rotatable bonds is 2. The Balaban J connectivity index is 1.36. The average Bonchev–Trinajstić information content (AvgIpc) is 3.40. The molecule has 10 rings (SSSR count). The number of benzene rings is 6. The number of fused-ring (bicyclic) bond motifs is 9. The highest BCUT2D eigenvalue weighted by molar-refractivity contribution is 6.90. The topological polar surface area (TPSA) is 21.1 Å². The number of pyridine rings is 1. The molecule has 216 valence electrons. The average molecular weight is 588 g/mol. The number of anilines is 3. The summed E-state index contributed by atoms with van der Waals surface area (Å²) in [5, 5.41) is 5.01. The van der Waals surface area contributed by atoms with E-state index in [4.69, 9.17) is 4.98 Å². The molecule has 0 unspecified atom stereocenters. The van der Waals surface area contributed by atoms with E-state index in [9.17, 15) is 0 Å². The Labute approximate surface area is 268 Å². The molecule has 3 nitrogen and oxygen atoms in total. The summed E-state index contributed by atoms with van der Waals surface area (Å²) in [6, 6.07) is 44.9. The summed E-state index contributed by atoms with van der Waals surface area (Å²) in [6.45, 7) is 6.66. The van der Waals surface area contributed by atoms with Crippen LogP contribution in [0.15, 0.2) is 128 Å². The van der Waals surface area contributed by atoms with E-state index in [1.165, 1.54) is 88.3 Å². The van der Waals surface area contributed by atoms with Crippen LogP contribution in [0, 0.1) is 20.8 Å². The van der Waals surface area contributed by atoms with Crippen LogP contribution in [0.3, 0.4) is 0 Å². The van der Waals surface area contributed by atoms with Gasteiger partial charge in [-0.1, -0.05) is 84.4 Å². The number of nitrogens with zero attached hydrogens (tertiary/aromatic N) is 3. The van der Waals surface area contributed by atoms with Crippen LogP contribution in [-0.2, 0) is 0 Å². The van der Waals surface area contributed by atoms with Gasteiger partial charge in [0.15, 0.2) is 0 Å². The molecule has 6 aromatic carbocycles. The molecule has 0 saturated carbocycles. The quantitative estimate of drug-likeness (QED) is 0.188. The summed E-state index contributed by atoms with van der Waals surface area (Å²) in [4.78, 5) is 7.64. The minimum Gasteiger partial charge on any atom is -0.374 e. The monoisotopic (exact) mass is 587 g/mol. The number of hydrogen-bond donors (Lipinski definition) is 0. The van der Waals surface area contributed by atoms with E-state index in [0.29, 0.717) is 0 Å². The highest BCUT2D eigenvalue weighted by Gasteiger charge is 2.43. The van der Waals surface area contributed by atoms with Gasteiger partial charge in [-0.05, 0) is 107 Å². The first kappa shape index (κ1) is 25.7. The molecule has 0 N–H and O–H groups in total. The van der Waals surface area contributed by atoms with Crippen molar-refractivity contribution >= 4 is 67.4 Å². The molecule has 2 aliphatic heterocycles. The molecule has 0 fully saturated rings. The maximum Gasteiger partial charge on any atom is 0.333 e. The fraction of sp³-hybridized carbons (Fsp3) is 0.0714. The summed E-state index contributed by atoms with van der Waals surface area (Å²) >= 11 is 0. The van der Waals surface area contributed by atoms with Crippen molar-refractivity contribution in [1.29, 1.82) is 0 Å². The molecule has 2 aromatic heterocycles. The third kappa shape index (κ3) is 3.31. The first-order chi connectivity index (χ1) is 22.6. The van der Waals surface area contributed by atoms with E-state index in [2.05, 4.69) is 151 Å².